The van der Waals surface area contributed by atoms with Crippen molar-refractivity contribution < 1.29 is 4.79 Å². The van der Waals surface area contributed by atoms with Crippen LogP contribution in [0.4, 0.5) is 0 Å². The second kappa shape index (κ2) is 7.63. The standard InChI is InChI=1S/C22H21ClO/c1-16(18-6-3-2-4-7-18)14-19-8-5-9-20(22(19)24)15-17-10-12-21(23)13-11-17/h2-4,6-7,10-16H,5,8-9H2,1H3/b19-14+,20-15+. The number of carbonyl (C=O) groups is 1. The summed E-state index contributed by atoms with van der Waals surface area (Å²) in [6.45, 7) is 2.15. The molecule has 1 nitrogen and oxygen atoms in total. The molecule has 1 fully saturated rings. The summed E-state index contributed by atoms with van der Waals surface area (Å²) < 4.78 is 0. The number of Topliss-reactive ketones (excluding diaryl/α,β-unsaturated/α-hetero) is 1. The third-order valence-electron chi connectivity index (χ3n) is 4.46. The quantitative estimate of drug-likeness (QED) is 0.609. The first-order valence-electron chi connectivity index (χ1n) is 8.40. The van der Waals surface area contributed by atoms with E-state index in [0.29, 0.717) is 5.02 Å². The van der Waals surface area contributed by atoms with Gasteiger partial charge in [-0.1, -0.05) is 67.1 Å². The van der Waals surface area contributed by atoms with Crippen LogP contribution in [0.3, 0.4) is 0 Å². The first kappa shape index (κ1) is 16.7. The zero-order valence-corrected chi connectivity index (χ0v) is 14.6. The van der Waals surface area contributed by atoms with Crippen LogP contribution < -0.4 is 0 Å². The van der Waals surface area contributed by atoms with Gasteiger partial charge in [0.15, 0.2) is 5.78 Å². The van der Waals surface area contributed by atoms with E-state index in [4.69, 9.17) is 11.6 Å². The highest BCUT2D eigenvalue weighted by molar-refractivity contribution is 6.30. The molecule has 2 aromatic carbocycles. The first-order valence-corrected chi connectivity index (χ1v) is 8.78. The third kappa shape index (κ3) is 4.04. The largest absolute Gasteiger partial charge is 0.289 e. The van der Waals surface area contributed by atoms with Crippen LogP contribution in [0.25, 0.3) is 6.08 Å². The van der Waals surface area contributed by atoms with Crippen LogP contribution in [0.15, 0.2) is 71.8 Å². The fourth-order valence-corrected chi connectivity index (χ4v) is 3.24. The summed E-state index contributed by atoms with van der Waals surface area (Å²) in [6.07, 6.45) is 6.87. The van der Waals surface area contributed by atoms with Gasteiger partial charge in [-0.05, 0) is 60.1 Å². The molecule has 0 aromatic heterocycles. The number of allylic oxidation sites excluding steroid dienone is 3. The van der Waals surface area contributed by atoms with Gasteiger partial charge in [0.25, 0.3) is 0 Å². The molecular weight excluding hydrogens is 316 g/mol. The number of hydrogen-bond acceptors (Lipinski definition) is 1. The molecule has 1 saturated carbocycles. The summed E-state index contributed by atoms with van der Waals surface area (Å²) in [4.78, 5) is 12.8. The average molecular weight is 337 g/mol. The Labute approximate surface area is 148 Å². The zero-order chi connectivity index (χ0) is 16.9. The maximum atomic E-state index is 12.8. The van der Waals surface area contributed by atoms with E-state index in [1.165, 1.54) is 5.56 Å². The monoisotopic (exact) mass is 336 g/mol. The van der Waals surface area contributed by atoms with Gasteiger partial charge in [-0.25, -0.2) is 0 Å². The van der Waals surface area contributed by atoms with E-state index >= 15 is 0 Å². The molecule has 0 bridgehead atoms. The second-order valence-electron chi connectivity index (χ2n) is 6.30. The Kier molecular flexibility index (Phi) is 5.32. The molecule has 0 amide bonds. The van der Waals surface area contributed by atoms with E-state index in [1.807, 2.05) is 48.5 Å². The highest BCUT2D eigenvalue weighted by atomic mass is 35.5. The van der Waals surface area contributed by atoms with Crippen molar-refractivity contribution in [1.82, 2.24) is 0 Å². The number of rotatable bonds is 3. The Bertz CT molecular complexity index is 769. The summed E-state index contributed by atoms with van der Waals surface area (Å²) in [5.74, 6) is 0.444. The number of carbonyl (C=O) groups excluding carboxylic acids is 1. The molecule has 122 valence electrons. The molecule has 2 heteroatoms. The van der Waals surface area contributed by atoms with Crippen molar-refractivity contribution in [2.75, 3.05) is 0 Å². The van der Waals surface area contributed by atoms with E-state index in [-0.39, 0.29) is 11.7 Å². The molecule has 0 spiro atoms. The molecule has 0 heterocycles. The summed E-state index contributed by atoms with van der Waals surface area (Å²) in [5.41, 5.74) is 4.11. The van der Waals surface area contributed by atoms with Gasteiger partial charge in [0.05, 0.1) is 0 Å². The van der Waals surface area contributed by atoms with Crippen molar-refractivity contribution in [1.29, 1.82) is 0 Å². The minimum absolute atomic E-state index is 0.194. The van der Waals surface area contributed by atoms with Gasteiger partial charge in [0, 0.05) is 10.6 Å². The summed E-state index contributed by atoms with van der Waals surface area (Å²) in [6, 6.07) is 17.9. The Balaban J connectivity index is 1.82. The fraction of sp³-hybridized carbons (Fsp3) is 0.227. The van der Waals surface area contributed by atoms with Crippen molar-refractivity contribution in [3.8, 4) is 0 Å². The topological polar surface area (TPSA) is 17.1 Å². The van der Waals surface area contributed by atoms with E-state index in [2.05, 4.69) is 25.1 Å². The van der Waals surface area contributed by atoms with Crippen LogP contribution in [-0.4, -0.2) is 5.78 Å². The summed E-state index contributed by atoms with van der Waals surface area (Å²) in [5, 5.41) is 0.712. The highest BCUT2D eigenvalue weighted by Crippen LogP contribution is 2.29. The molecule has 0 N–H and O–H groups in total. The lowest BCUT2D eigenvalue weighted by atomic mass is 9.85. The molecule has 1 unspecified atom stereocenters. The molecule has 1 atom stereocenters. The van der Waals surface area contributed by atoms with Crippen LogP contribution in [0.2, 0.25) is 5.02 Å². The maximum Gasteiger partial charge on any atom is 0.184 e. The van der Waals surface area contributed by atoms with Crippen molar-refractivity contribution >= 4 is 23.5 Å². The molecule has 0 aliphatic heterocycles. The van der Waals surface area contributed by atoms with E-state index < -0.39 is 0 Å². The lowest BCUT2D eigenvalue weighted by Crippen LogP contribution is -2.13. The van der Waals surface area contributed by atoms with E-state index in [9.17, 15) is 4.79 Å². The van der Waals surface area contributed by atoms with Crippen molar-refractivity contribution in [3.63, 3.8) is 0 Å². The lowest BCUT2D eigenvalue weighted by molar-refractivity contribution is -0.112. The lowest BCUT2D eigenvalue weighted by Gasteiger charge is -2.18. The van der Waals surface area contributed by atoms with Gasteiger partial charge in [-0.3, -0.25) is 4.79 Å². The average Bonchev–Trinajstić information content (AvgIpc) is 2.61. The van der Waals surface area contributed by atoms with Crippen LogP contribution in [0.5, 0.6) is 0 Å². The zero-order valence-electron chi connectivity index (χ0n) is 13.8. The van der Waals surface area contributed by atoms with Crippen molar-refractivity contribution in [3.05, 3.63) is 88.0 Å². The first-order chi connectivity index (χ1) is 11.6. The van der Waals surface area contributed by atoms with Gasteiger partial charge in [0.1, 0.15) is 0 Å². The van der Waals surface area contributed by atoms with Gasteiger partial charge in [-0.2, -0.15) is 0 Å². The molecule has 0 saturated heterocycles. The van der Waals surface area contributed by atoms with Crippen molar-refractivity contribution in [2.24, 2.45) is 0 Å². The molecule has 0 radical (unpaired) electrons. The minimum Gasteiger partial charge on any atom is -0.289 e. The molecule has 2 aromatic rings. The van der Waals surface area contributed by atoms with E-state index in [1.54, 1.807) is 0 Å². The van der Waals surface area contributed by atoms with Gasteiger partial charge in [0.2, 0.25) is 0 Å². The fourth-order valence-electron chi connectivity index (χ4n) is 3.11. The summed E-state index contributed by atoms with van der Waals surface area (Å²) in [7, 11) is 0. The smallest absolute Gasteiger partial charge is 0.184 e. The van der Waals surface area contributed by atoms with Gasteiger partial charge >= 0.3 is 0 Å². The maximum absolute atomic E-state index is 12.8. The van der Waals surface area contributed by atoms with Crippen LogP contribution >= 0.6 is 11.6 Å². The molecule has 24 heavy (non-hydrogen) atoms. The minimum atomic E-state index is 0.194. The predicted molar refractivity (Wildman–Crippen MR) is 101 cm³/mol. The number of ketones is 1. The number of benzene rings is 2. The Morgan fingerprint density at radius 2 is 1.62 bits per heavy atom. The summed E-state index contributed by atoms with van der Waals surface area (Å²) >= 11 is 5.93. The Hall–Kier alpha value is -2.12. The van der Waals surface area contributed by atoms with Crippen LogP contribution in [-0.2, 0) is 4.79 Å². The molecule has 1 aliphatic rings. The predicted octanol–water partition coefficient (Wildman–Crippen LogP) is 6.21. The Morgan fingerprint density at radius 1 is 0.958 bits per heavy atom. The van der Waals surface area contributed by atoms with Crippen LogP contribution in [0, 0.1) is 0 Å². The molecular formula is C22H21ClO. The molecule has 3 rings (SSSR count). The van der Waals surface area contributed by atoms with Crippen molar-refractivity contribution in [2.45, 2.75) is 32.1 Å². The van der Waals surface area contributed by atoms with Gasteiger partial charge < -0.3 is 0 Å². The Morgan fingerprint density at radius 3 is 2.33 bits per heavy atom. The number of hydrogen-bond donors (Lipinski definition) is 0. The molecule has 1 aliphatic carbocycles. The number of halogens is 1. The second-order valence-corrected chi connectivity index (χ2v) is 6.73. The van der Waals surface area contributed by atoms with E-state index in [0.717, 1.165) is 36.0 Å². The van der Waals surface area contributed by atoms with Crippen LogP contribution in [0.1, 0.15) is 43.2 Å². The SMILES string of the molecule is CC(/C=C1\CCC/C(=C\c2ccc(Cl)cc2)C1=O)c1ccccc1. The van der Waals surface area contributed by atoms with Gasteiger partial charge in [-0.15, -0.1) is 0 Å². The highest BCUT2D eigenvalue weighted by Gasteiger charge is 2.21. The third-order valence-corrected chi connectivity index (χ3v) is 4.71. The normalized spacial score (nSPS) is 19.7.